The second-order valence-corrected chi connectivity index (χ2v) is 8.13. The molecule has 0 saturated carbocycles. The first kappa shape index (κ1) is 24.6. The predicted molar refractivity (Wildman–Crippen MR) is 125 cm³/mol. The van der Waals surface area contributed by atoms with Gasteiger partial charge >= 0.3 is 0 Å². The fourth-order valence-electron chi connectivity index (χ4n) is 3.38. The quantitative estimate of drug-likeness (QED) is 0.488. The first-order valence-corrected chi connectivity index (χ1v) is 11.1. The average Bonchev–Trinajstić information content (AvgIpc) is 2.84. The number of pyridine rings is 2. The summed E-state index contributed by atoms with van der Waals surface area (Å²) in [6.07, 6.45) is 3.00. The van der Waals surface area contributed by atoms with Crippen molar-refractivity contribution in [3.8, 4) is 0 Å². The van der Waals surface area contributed by atoms with Crippen LogP contribution in [0, 0.1) is 5.92 Å². The zero-order valence-electron chi connectivity index (χ0n) is 19.2. The van der Waals surface area contributed by atoms with Gasteiger partial charge in [-0.15, -0.1) is 0 Å². The number of rotatable bonds is 2. The van der Waals surface area contributed by atoms with Crippen molar-refractivity contribution in [2.75, 3.05) is 38.0 Å². The van der Waals surface area contributed by atoms with Gasteiger partial charge in [-0.2, -0.15) is 0 Å². The Morgan fingerprint density at radius 3 is 2.53 bits per heavy atom. The maximum absolute atomic E-state index is 12.9. The molecule has 11 nitrogen and oxygen atoms in total. The zero-order valence-corrected chi connectivity index (χ0v) is 19.2. The van der Waals surface area contributed by atoms with Crippen molar-refractivity contribution in [1.29, 1.82) is 0 Å². The van der Waals surface area contributed by atoms with E-state index in [1.54, 1.807) is 30.3 Å². The van der Waals surface area contributed by atoms with Gasteiger partial charge in [0.2, 0.25) is 11.8 Å². The molecule has 0 aromatic carbocycles. The van der Waals surface area contributed by atoms with Gasteiger partial charge in [-0.1, -0.05) is 19.9 Å². The van der Waals surface area contributed by atoms with Crippen LogP contribution < -0.4 is 21.3 Å². The molecule has 1 atom stereocenters. The molecule has 0 fully saturated rings. The lowest BCUT2D eigenvalue weighted by molar-refractivity contribution is -0.124. The number of fused-ring (bicyclic) bond motifs is 2. The van der Waals surface area contributed by atoms with Gasteiger partial charge in [0.1, 0.15) is 17.4 Å². The first-order chi connectivity index (χ1) is 16.3. The number of hydrogen-bond donors (Lipinski definition) is 4. The number of carbonyl (C=O) groups excluding carboxylic acids is 4. The minimum Gasteiger partial charge on any atom is -0.383 e. The molecule has 4 N–H and O–H groups in total. The summed E-state index contributed by atoms with van der Waals surface area (Å²) in [6, 6.07) is 7.43. The standard InChI is InChI=1S/C23H29N7O4/c1-15(2)20-22(33)28-11-12-30(23(34)17-5-3-4-7-25-17)14-19(31)27-10-9-24-16-6-8-26-18(13-16)21(32)29-20/h3-8,13,15,20,24H,9-12,14H2,1-2H3,(H,27,31)(H,28,33)(H,29,32)/t20-/m0/s1. The fourth-order valence-corrected chi connectivity index (χ4v) is 3.38. The van der Waals surface area contributed by atoms with E-state index in [2.05, 4.69) is 31.2 Å². The van der Waals surface area contributed by atoms with Gasteiger partial charge in [0.25, 0.3) is 11.8 Å². The number of anilines is 1. The lowest BCUT2D eigenvalue weighted by atomic mass is 10.0. The molecule has 3 rings (SSSR count). The van der Waals surface area contributed by atoms with Crippen molar-refractivity contribution in [3.63, 3.8) is 0 Å². The Balaban J connectivity index is 1.80. The van der Waals surface area contributed by atoms with Gasteiger partial charge in [-0.05, 0) is 30.2 Å². The van der Waals surface area contributed by atoms with E-state index in [1.807, 2.05) is 13.8 Å². The normalized spacial score (nSPS) is 18.3. The van der Waals surface area contributed by atoms with Crippen LogP contribution in [-0.2, 0) is 9.59 Å². The van der Waals surface area contributed by atoms with E-state index < -0.39 is 23.8 Å². The summed E-state index contributed by atoms with van der Waals surface area (Å²) in [4.78, 5) is 60.5. The molecule has 11 heteroatoms. The van der Waals surface area contributed by atoms with Crippen LogP contribution in [0.1, 0.15) is 34.8 Å². The Kier molecular flexibility index (Phi) is 8.49. The molecule has 2 aromatic rings. The summed E-state index contributed by atoms with van der Waals surface area (Å²) < 4.78 is 0. The maximum atomic E-state index is 12.9. The summed E-state index contributed by atoms with van der Waals surface area (Å²) in [5.41, 5.74) is 1.02. The van der Waals surface area contributed by atoms with E-state index in [9.17, 15) is 19.2 Å². The van der Waals surface area contributed by atoms with Crippen LogP contribution in [-0.4, -0.2) is 77.3 Å². The molecule has 180 valence electrons. The molecule has 0 aliphatic carbocycles. The Morgan fingerprint density at radius 1 is 1.00 bits per heavy atom. The van der Waals surface area contributed by atoms with E-state index in [0.717, 1.165) is 0 Å². The van der Waals surface area contributed by atoms with Crippen LogP contribution in [0.3, 0.4) is 0 Å². The highest BCUT2D eigenvalue weighted by Crippen LogP contribution is 2.10. The lowest BCUT2D eigenvalue weighted by Gasteiger charge is -2.24. The molecule has 4 amide bonds. The molecule has 0 radical (unpaired) electrons. The van der Waals surface area contributed by atoms with Crippen molar-refractivity contribution in [2.45, 2.75) is 19.9 Å². The molecule has 34 heavy (non-hydrogen) atoms. The van der Waals surface area contributed by atoms with E-state index in [1.165, 1.54) is 17.3 Å². The van der Waals surface area contributed by atoms with Crippen LogP contribution >= 0.6 is 0 Å². The maximum Gasteiger partial charge on any atom is 0.272 e. The average molecular weight is 468 g/mol. The minimum atomic E-state index is -0.801. The largest absolute Gasteiger partial charge is 0.383 e. The first-order valence-electron chi connectivity index (χ1n) is 11.1. The Bertz CT molecular complexity index is 1030. The third kappa shape index (κ3) is 6.74. The zero-order chi connectivity index (χ0) is 24.5. The number of nitrogens with zero attached hydrogens (tertiary/aromatic N) is 3. The van der Waals surface area contributed by atoms with Gasteiger partial charge in [-0.25, -0.2) is 0 Å². The molecule has 0 spiro atoms. The van der Waals surface area contributed by atoms with Gasteiger partial charge in [0, 0.05) is 44.3 Å². The number of hydrogen-bond acceptors (Lipinski definition) is 7. The molecule has 0 saturated heterocycles. The summed E-state index contributed by atoms with van der Waals surface area (Å²) in [5, 5.41) is 11.4. The summed E-state index contributed by atoms with van der Waals surface area (Å²) in [5.74, 6) is -1.81. The third-order valence-electron chi connectivity index (χ3n) is 5.19. The Labute approximate surface area is 197 Å². The van der Waals surface area contributed by atoms with Crippen molar-refractivity contribution >= 4 is 29.3 Å². The second-order valence-electron chi connectivity index (χ2n) is 8.13. The SMILES string of the molecule is CC(C)[C@@H]1NC(=O)c2cc(ccn2)NCCNC(=O)CN(C(=O)c2ccccn2)CCNC1=O. The smallest absolute Gasteiger partial charge is 0.272 e. The van der Waals surface area contributed by atoms with Crippen molar-refractivity contribution in [2.24, 2.45) is 5.92 Å². The summed E-state index contributed by atoms with van der Waals surface area (Å²) >= 11 is 0. The highest BCUT2D eigenvalue weighted by molar-refractivity contribution is 5.97. The molecule has 2 bridgehead atoms. The molecule has 1 aliphatic heterocycles. The van der Waals surface area contributed by atoms with Crippen molar-refractivity contribution < 1.29 is 19.2 Å². The van der Waals surface area contributed by atoms with Crippen LogP contribution in [0.25, 0.3) is 0 Å². The van der Waals surface area contributed by atoms with E-state index >= 15 is 0 Å². The third-order valence-corrected chi connectivity index (χ3v) is 5.19. The summed E-state index contributed by atoms with van der Waals surface area (Å²) in [7, 11) is 0. The number of nitrogens with one attached hydrogen (secondary N) is 4. The highest BCUT2D eigenvalue weighted by Gasteiger charge is 2.26. The Hall–Kier alpha value is -4.02. The van der Waals surface area contributed by atoms with Crippen molar-refractivity contribution in [3.05, 3.63) is 54.1 Å². The van der Waals surface area contributed by atoms with Gasteiger partial charge in [-0.3, -0.25) is 29.1 Å². The van der Waals surface area contributed by atoms with E-state index in [4.69, 9.17) is 0 Å². The lowest BCUT2D eigenvalue weighted by Crippen LogP contribution is -2.51. The van der Waals surface area contributed by atoms with Gasteiger partial charge in [0.15, 0.2) is 0 Å². The molecule has 0 unspecified atom stereocenters. The van der Waals surface area contributed by atoms with Gasteiger partial charge < -0.3 is 26.2 Å². The Morgan fingerprint density at radius 2 is 1.79 bits per heavy atom. The van der Waals surface area contributed by atoms with E-state index in [0.29, 0.717) is 18.8 Å². The highest BCUT2D eigenvalue weighted by atomic mass is 16.2. The van der Waals surface area contributed by atoms with Crippen LogP contribution in [0.4, 0.5) is 5.69 Å². The van der Waals surface area contributed by atoms with Crippen molar-refractivity contribution in [1.82, 2.24) is 30.8 Å². The monoisotopic (exact) mass is 467 g/mol. The molecule has 2 aromatic heterocycles. The van der Waals surface area contributed by atoms with E-state index in [-0.39, 0.29) is 42.8 Å². The van der Waals surface area contributed by atoms with Crippen LogP contribution in [0.2, 0.25) is 0 Å². The summed E-state index contributed by atoms with van der Waals surface area (Å²) in [6.45, 7) is 4.35. The number of carbonyl (C=O) groups is 4. The van der Waals surface area contributed by atoms with Gasteiger partial charge in [0.05, 0.1) is 6.54 Å². The minimum absolute atomic E-state index is 0.0912. The number of amides is 4. The second kappa shape index (κ2) is 11.7. The molecular formula is C23H29N7O4. The molecule has 3 heterocycles. The fraction of sp³-hybridized carbons (Fsp3) is 0.391. The van der Waals surface area contributed by atoms with Crippen LogP contribution in [0.15, 0.2) is 42.7 Å². The topological polar surface area (TPSA) is 145 Å². The molecule has 1 aliphatic rings. The number of aromatic nitrogens is 2. The van der Waals surface area contributed by atoms with Crippen LogP contribution in [0.5, 0.6) is 0 Å². The molecular weight excluding hydrogens is 438 g/mol. The predicted octanol–water partition coefficient (Wildman–Crippen LogP) is 0.0313.